The Morgan fingerprint density at radius 3 is 2.76 bits per heavy atom. The minimum atomic E-state index is 0.0141. The molecule has 0 bridgehead atoms. The Balaban J connectivity index is 2.18. The van der Waals surface area contributed by atoms with Crippen LogP contribution in [-0.2, 0) is 6.42 Å². The molecule has 0 aliphatic heterocycles. The quantitative estimate of drug-likeness (QED) is 0.627. The van der Waals surface area contributed by atoms with Crippen molar-refractivity contribution in [1.29, 1.82) is 0 Å². The fourth-order valence-electron chi connectivity index (χ4n) is 3.56. The van der Waals surface area contributed by atoms with E-state index in [4.69, 9.17) is 4.42 Å². The number of carbonyl (C=O) groups is 1. The summed E-state index contributed by atoms with van der Waals surface area (Å²) in [5, 5.41) is 2.02. The molecule has 0 spiro atoms. The Hall–Kier alpha value is -2.16. The van der Waals surface area contributed by atoms with Crippen molar-refractivity contribution in [3.05, 3.63) is 41.2 Å². The third-order valence-electron chi connectivity index (χ3n) is 4.40. The molecule has 0 saturated carbocycles. The molecular weight excluding hydrogens is 262 g/mol. The van der Waals surface area contributed by atoms with Crippen LogP contribution in [0.3, 0.4) is 0 Å². The predicted octanol–water partition coefficient (Wildman–Crippen LogP) is 3.86. The van der Waals surface area contributed by atoms with Gasteiger partial charge in [-0.3, -0.25) is 4.79 Å². The first-order chi connectivity index (χ1) is 9.96. The molecule has 1 aliphatic carbocycles. The van der Waals surface area contributed by atoms with Gasteiger partial charge in [0, 0.05) is 25.2 Å². The number of carbonyl (C=O) groups excluding carboxylic acids is 1. The molecule has 0 amide bonds. The maximum absolute atomic E-state index is 12.7. The molecule has 106 valence electrons. The smallest absolute Gasteiger partial charge is 0.220 e. The summed E-state index contributed by atoms with van der Waals surface area (Å²) < 4.78 is 5.97. The number of aryl methyl sites for hydroxylation is 1. The largest absolute Gasteiger partial charge is 0.449 e. The van der Waals surface area contributed by atoms with Crippen LogP contribution in [0.25, 0.3) is 21.9 Å². The first-order valence-corrected chi connectivity index (χ1v) is 7.35. The highest BCUT2D eigenvalue weighted by Gasteiger charge is 2.38. The number of fused-ring (bicyclic) bond motifs is 5. The second kappa shape index (κ2) is 3.94. The summed E-state index contributed by atoms with van der Waals surface area (Å²) in [7, 11) is 0. The summed E-state index contributed by atoms with van der Waals surface area (Å²) in [6, 6.07) is 7.94. The first-order valence-electron chi connectivity index (χ1n) is 7.35. The van der Waals surface area contributed by atoms with Crippen molar-refractivity contribution in [3.8, 4) is 0 Å². The van der Waals surface area contributed by atoms with Crippen LogP contribution in [0.5, 0.6) is 0 Å². The van der Waals surface area contributed by atoms with Crippen LogP contribution in [0, 0.1) is 12.3 Å². The second-order valence-electron chi connectivity index (χ2n) is 6.85. The lowest BCUT2D eigenvalue weighted by molar-refractivity contribution is -0.400. The van der Waals surface area contributed by atoms with Gasteiger partial charge in [-0.1, -0.05) is 32.0 Å². The molecule has 0 saturated heterocycles. The zero-order valence-corrected chi connectivity index (χ0v) is 12.5. The lowest BCUT2D eigenvalue weighted by Gasteiger charge is -2.27. The van der Waals surface area contributed by atoms with Gasteiger partial charge in [-0.15, -0.1) is 0 Å². The van der Waals surface area contributed by atoms with Gasteiger partial charge >= 0.3 is 0 Å². The second-order valence-corrected chi connectivity index (χ2v) is 6.85. The van der Waals surface area contributed by atoms with Crippen LogP contribution in [0.2, 0.25) is 0 Å². The summed E-state index contributed by atoms with van der Waals surface area (Å²) >= 11 is 0. The minimum absolute atomic E-state index is 0.0141. The van der Waals surface area contributed by atoms with Gasteiger partial charge < -0.3 is 4.42 Å². The molecule has 21 heavy (non-hydrogen) atoms. The van der Waals surface area contributed by atoms with Crippen molar-refractivity contribution in [3.63, 3.8) is 0 Å². The molecule has 3 aromatic rings. The highest BCUT2D eigenvalue weighted by molar-refractivity contribution is 6.17. The van der Waals surface area contributed by atoms with E-state index in [9.17, 15) is 4.79 Å². The number of aromatic nitrogens is 1. The molecule has 2 heterocycles. The van der Waals surface area contributed by atoms with Crippen LogP contribution >= 0.6 is 0 Å². The van der Waals surface area contributed by atoms with Gasteiger partial charge in [-0.25, -0.2) is 4.98 Å². The third kappa shape index (κ3) is 1.73. The average molecular weight is 280 g/mol. The number of furan rings is 1. The van der Waals surface area contributed by atoms with E-state index >= 15 is 0 Å². The van der Waals surface area contributed by atoms with Crippen molar-refractivity contribution in [2.75, 3.05) is 0 Å². The summed E-state index contributed by atoms with van der Waals surface area (Å²) in [6.07, 6.45) is 1.48. The molecule has 3 heteroatoms. The number of Topliss-reactive ketones (excluding diaryl/α,β-unsaturated/α-hetero) is 1. The standard InChI is InChI=1S/C18H17NO2/c1-10-17-15(11-6-4-5-7-14(11)21-17)16-12(19-10)8-18(2,3)9-13(16)20/h4-7H,8-9H2,1-3H3/p+1. The summed E-state index contributed by atoms with van der Waals surface area (Å²) in [6.45, 7) is 6.31. The Labute approximate surface area is 123 Å². The molecule has 2 aromatic heterocycles. The number of para-hydroxylation sites is 1. The first kappa shape index (κ1) is 12.6. The molecular formula is C18H18NO2+. The molecule has 0 unspecified atom stereocenters. The van der Waals surface area contributed by atoms with E-state index in [1.54, 1.807) is 0 Å². The van der Waals surface area contributed by atoms with Crippen molar-refractivity contribution in [1.82, 2.24) is 0 Å². The fourth-order valence-corrected chi connectivity index (χ4v) is 3.56. The molecule has 4 rings (SSSR count). The minimum Gasteiger partial charge on any atom is -0.449 e. The van der Waals surface area contributed by atoms with Gasteiger partial charge in [-0.2, -0.15) is 0 Å². The predicted molar refractivity (Wildman–Crippen MR) is 81.4 cm³/mol. The summed E-state index contributed by atoms with van der Waals surface area (Å²) in [5.74, 6) is 0.217. The molecule has 0 radical (unpaired) electrons. The van der Waals surface area contributed by atoms with E-state index in [0.29, 0.717) is 6.42 Å². The normalized spacial score (nSPS) is 17.4. The van der Waals surface area contributed by atoms with Crippen LogP contribution < -0.4 is 4.98 Å². The monoisotopic (exact) mass is 280 g/mol. The number of ketones is 1. The Bertz CT molecular complexity index is 902. The zero-order valence-electron chi connectivity index (χ0n) is 12.5. The molecule has 0 atom stereocenters. The van der Waals surface area contributed by atoms with Crippen LogP contribution in [0.4, 0.5) is 0 Å². The van der Waals surface area contributed by atoms with E-state index in [1.807, 2.05) is 31.2 Å². The van der Waals surface area contributed by atoms with Crippen molar-refractivity contribution in [2.24, 2.45) is 5.41 Å². The third-order valence-corrected chi connectivity index (χ3v) is 4.40. The number of hydrogen-bond acceptors (Lipinski definition) is 2. The Morgan fingerprint density at radius 1 is 1.19 bits per heavy atom. The van der Waals surface area contributed by atoms with Gasteiger partial charge in [0.25, 0.3) is 0 Å². The number of hydrogen-bond donors (Lipinski definition) is 0. The number of H-pyrrole nitrogens is 1. The van der Waals surface area contributed by atoms with E-state index in [0.717, 1.165) is 45.3 Å². The van der Waals surface area contributed by atoms with Crippen molar-refractivity contribution >= 4 is 27.7 Å². The van der Waals surface area contributed by atoms with E-state index in [1.165, 1.54) is 0 Å². The SMILES string of the molecule is Cc1[nH+]c2c(c3c1oc1ccccc13)C(=O)CC(C)(C)C2. The van der Waals surface area contributed by atoms with Crippen molar-refractivity contribution < 1.29 is 14.2 Å². The number of aromatic amines is 1. The van der Waals surface area contributed by atoms with Crippen LogP contribution in [0.1, 0.15) is 42.0 Å². The summed E-state index contributed by atoms with van der Waals surface area (Å²) in [4.78, 5) is 16.1. The van der Waals surface area contributed by atoms with Gasteiger partial charge in [0.15, 0.2) is 11.5 Å². The molecule has 1 N–H and O–H groups in total. The number of pyridine rings is 1. The van der Waals surface area contributed by atoms with Gasteiger partial charge in [-0.05, 0) is 11.5 Å². The van der Waals surface area contributed by atoms with E-state index in [-0.39, 0.29) is 11.2 Å². The highest BCUT2D eigenvalue weighted by atomic mass is 16.3. The maximum atomic E-state index is 12.7. The van der Waals surface area contributed by atoms with Gasteiger partial charge in [0.2, 0.25) is 11.3 Å². The highest BCUT2D eigenvalue weighted by Crippen LogP contribution is 2.39. The number of benzene rings is 1. The Morgan fingerprint density at radius 2 is 1.95 bits per heavy atom. The fraction of sp³-hybridized carbons (Fsp3) is 0.333. The molecule has 3 nitrogen and oxygen atoms in total. The van der Waals surface area contributed by atoms with Gasteiger partial charge in [0.1, 0.15) is 5.58 Å². The van der Waals surface area contributed by atoms with Crippen molar-refractivity contribution in [2.45, 2.75) is 33.6 Å². The van der Waals surface area contributed by atoms with E-state index in [2.05, 4.69) is 18.8 Å². The maximum Gasteiger partial charge on any atom is 0.220 e. The molecule has 0 fully saturated rings. The van der Waals surface area contributed by atoms with Crippen LogP contribution in [-0.4, -0.2) is 5.78 Å². The number of nitrogens with one attached hydrogen (secondary N) is 1. The van der Waals surface area contributed by atoms with E-state index < -0.39 is 0 Å². The zero-order chi connectivity index (χ0) is 14.8. The average Bonchev–Trinajstić information content (AvgIpc) is 2.77. The Kier molecular flexibility index (Phi) is 2.36. The lowest BCUT2D eigenvalue weighted by Crippen LogP contribution is -2.33. The topological polar surface area (TPSA) is 44.4 Å². The lowest BCUT2D eigenvalue weighted by atomic mass is 9.74. The molecule has 1 aliphatic rings. The van der Waals surface area contributed by atoms with Gasteiger partial charge in [0.05, 0.1) is 10.9 Å². The molecule has 1 aromatic carbocycles. The number of rotatable bonds is 0. The summed E-state index contributed by atoms with van der Waals surface area (Å²) in [5.41, 5.74) is 4.54. The van der Waals surface area contributed by atoms with Crippen LogP contribution in [0.15, 0.2) is 28.7 Å².